The molecule has 146 valence electrons. The zero-order chi connectivity index (χ0) is 19.4. The lowest BCUT2D eigenvalue weighted by Crippen LogP contribution is -2.14. The predicted octanol–water partition coefficient (Wildman–Crippen LogP) is 2.21. The first-order valence-corrected chi connectivity index (χ1v) is 10.7. The van der Waals surface area contributed by atoms with Crippen molar-refractivity contribution < 1.29 is 17.9 Å². The Kier molecular flexibility index (Phi) is 5.91. The van der Waals surface area contributed by atoms with Gasteiger partial charge in [0.25, 0.3) is 5.82 Å². The highest BCUT2D eigenvalue weighted by molar-refractivity contribution is 7.89. The second-order valence-corrected chi connectivity index (χ2v) is 8.29. The van der Waals surface area contributed by atoms with E-state index in [9.17, 15) is 13.2 Å². The topological polar surface area (TPSA) is 117 Å². The molecule has 1 aromatic carbocycles. The summed E-state index contributed by atoms with van der Waals surface area (Å²) in [5.41, 5.74) is 0.622. The second kappa shape index (κ2) is 8.18. The first-order chi connectivity index (χ1) is 12.9. The van der Waals surface area contributed by atoms with E-state index in [4.69, 9.17) is 9.88 Å². The van der Waals surface area contributed by atoms with Gasteiger partial charge in [-0.15, -0.1) is 5.10 Å². The van der Waals surface area contributed by atoms with E-state index in [-0.39, 0.29) is 17.3 Å². The zero-order valence-electron chi connectivity index (χ0n) is 15.3. The lowest BCUT2D eigenvalue weighted by atomic mass is 9.87. The van der Waals surface area contributed by atoms with Crippen molar-refractivity contribution in [3.8, 4) is 5.69 Å². The third-order valence-electron chi connectivity index (χ3n) is 4.74. The normalized spacial score (nSPS) is 15.6. The molecule has 1 aromatic heterocycles. The molecule has 0 bridgehead atoms. The Labute approximate surface area is 158 Å². The zero-order valence-corrected chi connectivity index (χ0v) is 16.1. The Bertz CT molecular complexity index is 900. The van der Waals surface area contributed by atoms with Gasteiger partial charge in [-0.3, -0.25) is 0 Å². The SMILES string of the molecule is CCOC(=O)c1nc(CC2CCCCC2)n(-c2ccc(S(N)(=O)=O)cc2)n1. The van der Waals surface area contributed by atoms with Gasteiger partial charge < -0.3 is 4.74 Å². The first kappa shape index (κ1) is 19.5. The molecule has 2 aromatic rings. The molecule has 0 aliphatic heterocycles. The van der Waals surface area contributed by atoms with Gasteiger partial charge in [0.15, 0.2) is 0 Å². The number of hydrogen-bond acceptors (Lipinski definition) is 6. The molecule has 27 heavy (non-hydrogen) atoms. The number of esters is 1. The lowest BCUT2D eigenvalue weighted by molar-refractivity contribution is 0.0512. The van der Waals surface area contributed by atoms with Crippen LogP contribution in [0.2, 0.25) is 0 Å². The van der Waals surface area contributed by atoms with E-state index in [2.05, 4.69) is 10.1 Å². The molecule has 2 N–H and O–H groups in total. The van der Waals surface area contributed by atoms with E-state index in [0.717, 1.165) is 12.8 Å². The van der Waals surface area contributed by atoms with Crippen LogP contribution in [0.3, 0.4) is 0 Å². The smallest absolute Gasteiger partial charge is 0.378 e. The Morgan fingerprint density at radius 1 is 1.22 bits per heavy atom. The average Bonchev–Trinajstić information content (AvgIpc) is 3.06. The van der Waals surface area contributed by atoms with Crippen LogP contribution in [0, 0.1) is 5.92 Å². The number of aromatic nitrogens is 3. The molecule has 0 unspecified atom stereocenters. The van der Waals surface area contributed by atoms with Crippen molar-refractivity contribution in [1.82, 2.24) is 14.8 Å². The molecular weight excluding hydrogens is 368 g/mol. The minimum absolute atomic E-state index is 0.0122. The minimum atomic E-state index is -3.77. The molecule has 1 heterocycles. The quantitative estimate of drug-likeness (QED) is 0.753. The number of hydrogen-bond donors (Lipinski definition) is 1. The fourth-order valence-corrected chi connectivity index (χ4v) is 3.91. The molecule has 0 atom stereocenters. The Balaban J connectivity index is 1.94. The van der Waals surface area contributed by atoms with E-state index in [0.29, 0.717) is 23.9 Å². The second-order valence-electron chi connectivity index (χ2n) is 6.73. The maximum Gasteiger partial charge on any atom is 0.378 e. The van der Waals surface area contributed by atoms with Crippen LogP contribution < -0.4 is 5.14 Å². The number of nitrogens with two attached hydrogens (primary N) is 1. The van der Waals surface area contributed by atoms with Gasteiger partial charge >= 0.3 is 5.97 Å². The van der Waals surface area contributed by atoms with Crippen molar-refractivity contribution in [2.45, 2.75) is 50.3 Å². The molecule has 1 fully saturated rings. The van der Waals surface area contributed by atoms with Crippen molar-refractivity contribution in [2.24, 2.45) is 11.1 Å². The molecule has 0 saturated heterocycles. The number of rotatable bonds is 6. The number of ether oxygens (including phenoxy) is 1. The summed E-state index contributed by atoms with van der Waals surface area (Å²) >= 11 is 0. The summed E-state index contributed by atoms with van der Waals surface area (Å²) in [6.07, 6.45) is 6.63. The molecule has 0 radical (unpaired) electrons. The van der Waals surface area contributed by atoms with Crippen molar-refractivity contribution in [3.63, 3.8) is 0 Å². The maximum absolute atomic E-state index is 12.1. The third kappa shape index (κ3) is 4.72. The summed E-state index contributed by atoms with van der Waals surface area (Å²) in [6.45, 7) is 1.97. The molecule has 8 nitrogen and oxygen atoms in total. The van der Waals surface area contributed by atoms with E-state index >= 15 is 0 Å². The summed E-state index contributed by atoms with van der Waals surface area (Å²) in [5.74, 6) is 0.620. The number of sulfonamides is 1. The largest absolute Gasteiger partial charge is 0.460 e. The van der Waals surface area contributed by atoms with Crippen LogP contribution >= 0.6 is 0 Å². The molecule has 1 saturated carbocycles. The van der Waals surface area contributed by atoms with Crippen LogP contribution in [0.25, 0.3) is 5.69 Å². The summed E-state index contributed by atoms with van der Waals surface area (Å²) in [6, 6.07) is 6.04. The van der Waals surface area contributed by atoms with Gasteiger partial charge in [0, 0.05) is 6.42 Å². The summed E-state index contributed by atoms with van der Waals surface area (Å²) in [7, 11) is -3.77. The van der Waals surface area contributed by atoms with Gasteiger partial charge in [0.2, 0.25) is 10.0 Å². The van der Waals surface area contributed by atoms with Crippen molar-refractivity contribution in [3.05, 3.63) is 35.9 Å². The van der Waals surface area contributed by atoms with E-state index in [1.165, 1.54) is 31.4 Å². The Morgan fingerprint density at radius 2 is 1.89 bits per heavy atom. The van der Waals surface area contributed by atoms with Crippen LogP contribution in [0.5, 0.6) is 0 Å². The fourth-order valence-electron chi connectivity index (χ4n) is 3.39. The maximum atomic E-state index is 12.1. The summed E-state index contributed by atoms with van der Waals surface area (Å²) in [4.78, 5) is 16.5. The van der Waals surface area contributed by atoms with E-state index < -0.39 is 16.0 Å². The van der Waals surface area contributed by atoms with Crippen LogP contribution in [-0.2, 0) is 21.2 Å². The van der Waals surface area contributed by atoms with Gasteiger partial charge in [0.1, 0.15) is 5.82 Å². The van der Waals surface area contributed by atoms with Crippen LogP contribution in [0.1, 0.15) is 55.5 Å². The van der Waals surface area contributed by atoms with Gasteiger partial charge in [-0.1, -0.05) is 32.1 Å². The van der Waals surface area contributed by atoms with Crippen LogP contribution in [0.4, 0.5) is 0 Å². The molecule has 1 aliphatic rings. The molecule has 9 heteroatoms. The number of carbonyl (C=O) groups excluding carboxylic acids is 1. The minimum Gasteiger partial charge on any atom is -0.460 e. The standard InChI is InChI=1S/C18H24N4O4S/c1-2-26-18(23)17-20-16(12-13-6-4-3-5-7-13)22(21-17)14-8-10-15(11-9-14)27(19,24)25/h8-11,13H,2-7,12H2,1H3,(H2,19,24,25). The van der Waals surface area contributed by atoms with Crippen LogP contribution in [0.15, 0.2) is 29.2 Å². The molecule has 0 amide bonds. The predicted molar refractivity (Wildman–Crippen MR) is 99.0 cm³/mol. The molecule has 3 rings (SSSR count). The molecule has 1 aliphatic carbocycles. The van der Waals surface area contributed by atoms with Gasteiger partial charge in [-0.25, -0.2) is 28.0 Å². The highest BCUT2D eigenvalue weighted by Crippen LogP contribution is 2.27. The highest BCUT2D eigenvalue weighted by atomic mass is 32.2. The van der Waals surface area contributed by atoms with Gasteiger partial charge in [-0.2, -0.15) is 0 Å². The van der Waals surface area contributed by atoms with Crippen molar-refractivity contribution in [2.75, 3.05) is 6.61 Å². The van der Waals surface area contributed by atoms with Gasteiger partial charge in [0.05, 0.1) is 17.2 Å². The van der Waals surface area contributed by atoms with Gasteiger partial charge in [-0.05, 0) is 37.1 Å². The fraction of sp³-hybridized carbons (Fsp3) is 0.500. The monoisotopic (exact) mass is 392 g/mol. The van der Waals surface area contributed by atoms with Crippen molar-refractivity contribution >= 4 is 16.0 Å². The Hall–Kier alpha value is -2.26. The highest BCUT2D eigenvalue weighted by Gasteiger charge is 2.22. The number of benzene rings is 1. The molecular formula is C18H24N4O4S. The number of primary sulfonamides is 1. The first-order valence-electron chi connectivity index (χ1n) is 9.14. The Morgan fingerprint density at radius 3 is 2.48 bits per heavy atom. The van der Waals surface area contributed by atoms with Crippen molar-refractivity contribution in [1.29, 1.82) is 0 Å². The number of carbonyl (C=O) groups is 1. The third-order valence-corrected chi connectivity index (χ3v) is 5.67. The summed E-state index contributed by atoms with van der Waals surface area (Å²) in [5, 5.41) is 9.46. The van der Waals surface area contributed by atoms with Crippen LogP contribution in [-0.4, -0.2) is 35.8 Å². The van der Waals surface area contributed by atoms with E-state index in [1.807, 2.05) is 0 Å². The molecule has 0 spiro atoms. The number of nitrogens with zero attached hydrogens (tertiary/aromatic N) is 3. The average molecular weight is 392 g/mol. The lowest BCUT2D eigenvalue weighted by Gasteiger charge is -2.21. The van der Waals surface area contributed by atoms with E-state index in [1.54, 1.807) is 23.7 Å². The summed E-state index contributed by atoms with van der Waals surface area (Å²) < 4.78 is 29.5.